The molecule has 2 heterocycles. The zero-order valence-corrected chi connectivity index (χ0v) is 21.7. The van der Waals surface area contributed by atoms with E-state index >= 15 is 0 Å². The summed E-state index contributed by atoms with van der Waals surface area (Å²) < 4.78 is 6.38. The molecule has 0 spiro atoms. The Hall–Kier alpha value is -2.46. The fraction of sp³-hybridized carbons (Fsp3) is 0.462. The summed E-state index contributed by atoms with van der Waals surface area (Å²) in [5.74, 6) is -2.75. The van der Waals surface area contributed by atoms with E-state index in [2.05, 4.69) is 79.2 Å². The fourth-order valence-electron chi connectivity index (χ4n) is 4.64. The maximum Gasteiger partial charge on any atom is 0.414 e. The van der Waals surface area contributed by atoms with Crippen molar-refractivity contribution in [1.82, 2.24) is 14.7 Å². The summed E-state index contributed by atoms with van der Waals surface area (Å²) in [7, 11) is 1.71. The van der Waals surface area contributed by atoms with E-state index in [-0.39, 0.29) is 0 Å². The van der Waals surface area contributed by atoms with Crippen LogP contribution < -0.4 is 4.74 Å². The molecule has 2 N–H and O–H groups in total. The highest BCUT2D eigenvalue weighted by atomic mass is 79.9. The standard InChI is InChI=1S/C24H32BrN3O.C2H2O4/c1-29-24-8-7-21(17-23(24)25)19-27-13-15-28(16-14-27)22-9-11-26(12-10-22)18-20-5-3-2-4-6-20;3-1(4)2(5)6/h2-8,17,22H,9-16,18-19H2,1H3;(H,3,4)(H,5,6). The van der Waals surface area contributed by atoms with Gasteiger partial charge in [0.25, 0.3) is 0 Å². The summed E-state index contributed by atoms with van der Waals surface area (Å²) in [4.78, 5) is 26.1. The van der Waals surface area contributed by atoms with Crippen LogP contribution in [-0.2, 0) is 22.7 Å². The molecule has 0 unspecified atom stereocenters. The highest BCUT2D eigenvalue weighted by Crippen LogP contribution is 2.26. The van der Waals surface area contributed by atoms with Gasteiger partial charge >= 0.3 is 11.9 Å². The monoisotopic (exact) mass is 547 g/mol. The predicted octanol–water partition coefficient (Wildman–Crippen LogP) is 3.40. The highest BCUT2D eigenvalue weighted by Gasteiger charge is 2.27. The van der Waals surface area contributed by atoms with Gasteiger partial charge in [0, 0.05) is 45.3 Å². The number of ether oxygens (including phenoxy) is 1. The van der Waals surface area contributed by atoms with Crippen LogP contribution >= 0.6 is 15.9 Å². The van der Waals surface area contributed by atoms with Crippen molar-refractivity contribution >= 4 is 27.9 Å². The van der Waals surface area contributed by atoms with E-state index < -0.39 is 11.9 Å². The molecule has 0 saturated carbocycles. The number of carboxylic acids is 2. The van der Waals surface area contributed by atoms with E-state index in [9.17, 15) is 0 Å². The summed E-state index contributed by atoms with van der Waals surface area (Å²) in [5, 5.41) is 14.8. The molecule has 2 aliphatic heterocycles. The number of hydrogen-bond acceptors (Lipinski definition) is 6. The van der Waals surface area contributed by atoms with Crippen LogP contribution in [0.5, 0.6) is 5.75 Å². The number of rotatable bonds is 6. The molecule has 0 aliphatic carbocycles. The predicted molar refractivity (Wildman–Crippen MR) is 138 cm³/mol. The minimum absolute atomic E-state index is 0.763. The molecule has 35 heavy (non-hydrogen) atoms. The summed E-state index contributed by atoms with van der Waals surface area (Å²) >= 11 is 3.60. The van der Waals surface area contributed by atoms with Gasteiger partial charge in [-0.2, -0.15) is 0 Å². The Morgan fingerprint density at radius 1 is 0.857 bits per heavy atom. The van der Waals surface area contributed by atoms with Gasteiger partial charge in [0.1, 0.15) is 5.75 Å². The lowest BCUT2D eigenvalue weighted by atomic mass is 10.0. The van der Waals surface area contributed by atoms with Gasteiger partial charge in [-0.1, -0.05) is 36.4 Å². The molecule has 9 heteroatoms. The molecule has 0 bridgehead atoms. The number of carbonyl (C=O) groups is 2. The summed E-state index contributed by atoms with van der Waals surface area (Å²) in [6, 6.07) is 18.1. The van der Waals surface area contributed by atoms with Gasteiger partial charge in [0.05, 0.1) is 11.6 Å². The van der Waals surface area contributed by atoms with E-state index in [4.69, 9.17) is 24.5 Å². The number of aliphatic carboxylic acids is 2. The largest absolute Gasteiger partial charge is 0.496 e. The molecule has 2 aromatic carbocycles. The van der Waals surface area contributed by atoms with Crippen molar-refractivity contribution in [1.29, 1.82) is 0 Å². The number of carboxylic acid groups (broad SMARTS) is 2. The van der Waals surface area contributed by atoms with Crippen LogP contribution in [0.3, 0.4) is 0 Å². The molecule has 2 aromatic rings. The molecule has 0 aromatic heterocycles. The normalized spacial score (nSPS) is 17.9. The van der Waals surface area contributed by atoms with Crippen LogP contribution in [0.1, 0.15) is 24.0 Å². The smallest absolute Gasteiger partial charge is 0.414 e. The van der Waals surface area contributed by atoms with Crippen molar-refractivity contribution in [3.63, 3.8) is 0 Å². The van der Waals surface area contributed by atoms with Crippen molar-refractivity contribution in [2.24, 2.45) is 0 Å². The molecule has 2 fully saturated rings. The average Bonchev–Trinajstić information content (AvgIpc) is 2.86. The quantitative estimate of drug-likeness (QED) is 0.531. The zero-order chi connectivity index (χ0) is 25.2. The van der Waals surface area contributed by atoms with Crippen LogP contribution in [0.15, 0.2) is 53.0 Å². The number of piperazine rings is 1. The molecular formula is C26H34BrN3O5. The summed E-state index contributed by atoms with van der Waals surface area (Å²) in [6.45, 7) is 9.27. The van der Waals surface area contributed by atoms with Crippen molar-refractivity contribution in [3.8, 4) is 5.75 Å². The lowest BCUT2D eigenvalue weighted by molar-refractivity contribution is -0.159. The topological polar surface area (TPSA) is 93.5 Å². The number of benzene rings is 2. The molecule has 2 aliphatic rings. The Balaban J connectivity index is 0.000000509. The maximum absolute atomic E-state index is 9.10. The SMILES string of the molecule is COc1ccc(CN2CCN(C3CCN(Cc4ccccc4)CC3)CC2)cc1Br.O=C(O)C(=O)O. The van der Waals surface area contributed by atoms with Crippen LogP contribution in [0.25, 0.3) is 0 Å². The van der Waals surface area contributed by atoms with Crippen LogP contribution in [0, 0.1) is 0 Å². The fourth-order valence-corrected chi connectivity index (χ4v) is 5.23. The third-order valence-corrected chi connectivity index (χ3v) is 7.15. The Morgan fingerprint density at radius 2 is 1.43 bits per heavy atom. The Morgan fingerprint density at radius 3 is 1.97 bits per heavy atom. The van der Waals surface area contributed by atoms with Gasteiger partial charge in [0.2, 0.25) is 0 Å². The number of methoxy groups -OCH3 is 1. The Bertz CT molecular complexity index is 947. The first-order valence-corrected chi connectivity index (χ1v) is 12.7. The molecule has 0 radical (unpaired) electrons. The number of piperidine rings is 1. The minimum atomic E-state index is -1.82. The number of hydrogen-bond donors (Lipinski definition) is 2. The Kier molecular flexibility index (Phi) is 10.5. The van der Waals surface area contributed by atoms with Crippen molar-refractivity contribution in [2.75, 3.05) is 46.4 Å². The molecule has 4 rings (SSSR count). The molecule has 8 nitrogen and oxygen atoms in total. The van der Waals surface area contributed by atoms with E-state index in [0.29, 0.717) is 0 Å². The second kappa shape index (κ2) is 13.6. The third-order valence-electron chi connectivity index (χ3n) is 6.53. The minimum Gasteiger partial charge on any atom is -0.496 e. The number of halogens is 1. The molecule has 2 saturated heterocycles. The van der Waals surface area contributed by atoms with Gasteiger partial charge in [-0.15, -0.1) is 0 Å². The zero-order valence-electron chi connectivity index (χ0n) is 20.1. The molecule has 0 amide bonds. The van der Waals surface area contributed by atoms with Gasteiger partial charge in [-0.05, 0) is 65.1 Å². The second-order valence-corrected chi connectivity index (χ2v) is 9.74. The Labute approximate surface area is 215 Å². The molecule has 0 atom stereocenters. The van der Waals surface area contributed by atoms with Crippen molar-refractivity contribution in [2.45, 2.75) is 32.0 Å². The third kappa shape index (κ3) is 8.61. The van der Waals surface area contributed by atoms with Gasteiger partial charge in [-0.3, -0.25) is 14.7 Å². The highest BCUT2D eigenvalue weighted by molar-refractivity contribution is 9.10. The van der Waals surface area contributed by atoms with Crippen LogP contribution in [0.4, 0.5) is 0 Å². The first-order chi connectivity index (χ1) is 16.9. The van der Waals surface area contributed by atoms with Crippen molar-refractivity contribution < 1.29 is 24.5 Å². The number of likely N-dealkylation sites (tertiary alicyclic amines) is 1. The van der Waals surface area contributed by atoms with Crippen molar-refractivity contribution in [3.05, 3.63) is 64.1 Å². The lowest BCUT2D eigenvalue weighted by Gasteiger charge is -2.43. The molecule has 190 valence electrons. The van der Waals surface area contributed by atoms with E-state index in [1.165, 1.54) is 50.1 Å². The second-order valence-electron chi connectivity index (χ2n) is 8.88. The first-order valence-electron chi connectivity index (χ1n) is 11.9. The van der Waals surface area contributed by atoms with Gasteiger partial charge in [0.15, 0.2) is 0 Å². The van der Waals surface area contributed by atoms with E-state index in [1.807, 2.05) is 0 Å². The van der Waals surface area contributed by atoms with Crippen LogP contribution in [0.2, 0.25) is 0 Å². The summed E-state index contributed by atoms with van der Waals surface area (Å²) in [5.41, 5.74) is 2.78. The molecular weight excluding hydrogens is 514 g/mol. The van der Waals surface area contributed by atoms with Gasteiger partial charge < -0.3 is 14.9 Å². The first kappa shape index (κ1) is 27.1. The van der Waals surface area contributed by atoms with E-state index in [1.54, 1.807) is 7.11 Å². The maximum atomic E-state index is 9.10. The van der Waals surface area contributed by atoms with E-state index in [0.717, 1.165) is 42.4 Å². The average molecular weight is 548 g/mol. The summed E-state index contributed by atoms with van der Waals surface area (Å²) in [6.07, 6.45) is 2.61. The van der Waals surface area contributed by atoms with Crippen LogP contribution in [-0.4, -0.2) is 89.3 Å². The van der Waals surface area contributed by atoms with Gasteiger partial charge in [-0.25, -0.2) is 9.59 Å². The lowest BCUT2D eigenvalue weighted by Crippen LogP contribution is -2.52. The number of nitrogens with zero attached hydrogens (tertiary/aromatic N) is 3.